The van der Waals surface area contributed by atoms with Crippen LogP contribution in [0.3, 0.4) is 0 Å². The molecule has 0 aromatic heterocycles. The largest absolute Gasteiger partial charge is 0.462 e. The summed E-state index contributed by atoms with van der Waals surface area (Å²) in [6.45, 7) is 6.22. The van der Waals surface area contributed by atoms with Crippen LogP contribution >= 0.6 is 0 Å². The first-order chi connectivity index (χ1) is 7.66. The van der Waals surface area contributed by atoms with E-state index in [0.29, 0.717) is 5.92 Å². The Morgan fingerprint density at radius 2 is 1.88 bits per heavy atom. The van der Waals surface area contributed by atoms with Gasteiger partial charge in [0.2, 0.25) is 0 Å². The van der Waals surface area contributed by atoms with Gasteiger partial charge < -0.3 is 10.1 Å². The number of ether oxygens (including phenoxy) is 1. The molecule has 1 aliphatic carbocycles. The average Bonchev–Trinajstić information content (AvgIpc) is 2.19. The molecule has 0 bridgehead atoms. The number of nitrogens with one attached hydrogen (secondary N) is 1. The molecule has 1 heterocycles. The fraction of sp³-hybridized carbons (Fsp3) is 0.923. The molecule has 3 heteroatoms. The Kier molecular flexibility index (Phi) is 3.85. The minimum Gasteiger partial charge on any atom is -0.462 e. The Balaban J connectivity index is 1.73. The number of esters is 1. The van der Waals surface area contributed by atoms with Crippen molar-refractivity contribution in [3.8, 4) is 0 Å². The zero-order chi connectivity index (χ0) is 11.5. The van der Waals surface area contributed by atoms with E-state index in [4.69, 9.17) is 4.74 Å². The first-order valence-corrected chi connectivity index (χ1v) is 6.58. The van der Waals surface area contributed by atoms with Gasteiger partial charge in [0.05, 0.1) is 5.92 Å². The molecule has 1 saturated heterocycles. The molecule has 2 aliphatic rings. The van der Waals surface area contributed by atoms with Crippen molar-refractivity contribution in [2.45, 2.75) is 45.6 Å². The molecule has 1 N–H and O–H groups in total. The van der Waals surface area contributed by atoms with E-state index in [0.717, 1.165) is 31.8 Å². The molecule has 0 aromatic rings. The van der Waals surface area contributed by atoms with Gasteiger partial charge in [0.1, 0.15) is 6.10 Å². The van der Waals surface area contributed by atoms with Crippen LogP contribution in [0.2, 0.25) is 0 Å². The van der Waals surface area contributed by atoms with Crippen LogP contribution in [0.4, 0.5) is 0 Å². The van der Waals surface area contributed by atoms with Crippen LogP contribution in [0.5, 0.6) is 0 Å². The topological polar surface area (TPSA) is 38.3 Å². The molecule has 1 aliphatic heterocycles. The highest BCUT2D eigenvalue weighted by Gasteiger charge is 2.31. The number of hydrogen-bond donors (Lipinski definition) is 1. The van der Waals surface area contributed by atoms with Gasteiger partial charge in [0.25, 0.3) is 0 Å². The quantitative estimate of drug-likeness (QED) is 0.746. The Hall–Kier alpha value is -0.570. The lowest BCUT2D eigenvalue weighted by atomic mass is 9.87. The maximum absolute atomic E-state index is 11.9. The zero-order valence-corrected chi connectivity index (χ0v) is 10.4. The Bertz CT molecular complexity index is 242. The summed E-state index contributed by atoms with van der Waals surface area (Å²) in [7, 11) is 0. The van der Waals surface area contributed by atoms with Gasteiger partial charge in [-0.1, -0.05) is 13.8 Å². The van der Waals surface area contributed by atoms with Crippen molar-refractivity contribution in [2.24, 2.45) is 17.8 Å². The van der Waals surface area contributed by atoms with E-state index in [9.17, 15) is 4.79 Å². The van der Waals surface area contributed by atoms with Crippen LogP contribution in [0.25, 0.3) is 0 Å². The second kappa shape index (κ2) is 5.17. The van der Waals surface area contributed by atoms with Crippen molar-refractivity contribution in [3.05, 3.63) is 0 Å². The van der Waals surface area contributed by atoms with E-state index in [2.05, 4.69) is 12.2 Å². The van der Waals surface area contributed by atoms with Crippen molar-refractivity contribution < 1.29 is 9.53 Å². The van der Waals surface area contributed by atoms with Crippen LogP contribution < -0.4 is 5.32 Å². The predicted molar refractivity (Wildman–Crippen MR) is 63.0 cm³/mol. The molecule has 0 aromatic carbocycles. The Morgan fingerprint density at radius 1 is 1.25 bits per heavy atom. The summed E-state index contributed by atoms with van der Waals surface area (Å²) in [5.41, 5.74) is 0. The molecular weight excluding hydrogens is 202 g/mol. The first kappa shape index (κ1) is 11.9. The summed E-state index contributed by atoms with van der Waals surface area (Å²) in [5, 5.41) is 3.20. The standard InChI is InChI=1S/C13H23NO2/c1-9-3-5-12(6-4-9)16-13(15)10(2)11-7-14-8-11/h9-12,14H,3-8H2,1-2H3. The van der Waals surface area contributed by atoms with Gasteiger partial charge in [0, 0.05) is 0 Å². The van der Waals surface area contributed by atoms with Crippen LogP contribution in [0.15, 0.2) is 0 Å². The highest BCUT2D eigenvalue weighted by atomic mass is 16.5. The Morgan fingerprint density at radius 3 is 2.38 bits per heavy atom. The third-order valence-electron chi connectivity index (χ3n) is 4.14. The van der Waals surface area contributed by atoms with Crippen molar-refractivity contribution in [3.63, 3.8) is 0 Å². The van der Waals surface area contributed by atoms with E-state index in [1.54, 1.807) is 0 Å². The number of carbonyl (C=O) groups excluding carboxylic acids is 1. The van der Waals surface area contributed by atoms with Crippen LogP contribution in [0, 0.1) is 17.8 Å². The highest BCUT2D eigenvalue weighted by Crippen LogP contribution is 2.27. The predicted octanol–water partition coefficient (Wildman–Crippen LogP) is 1.96. The molecular formula is C13H23NO2. The van der Waals surface area contributed by atoms with E-state index in [1.807, 2.05) is 6.92 Å². The third kappa shape index (κ3) is 2.76. The molecule has 0 spiro atoms. The monoisotopic (exact) mass is 225 g/mol. The second-order valence-corrected chi connectivity index (χ2v) is 5.53. The maximum atomic E-state index is 11.9. The van der Waals surface area contributed by atoms with Crippen molar-refractivity contribution in [1.29, 1.82) is 0 Å². The lowest BCUT2D eigenvalue weighted by Crippen LogP contribution is -2.48. The maximum Gasteiger partial charge on any atom is 0.309 e. The lowest BCUT2D eigenvalue weighted by molar-refractivity contribution is -0.158. The van der Waals surface area contributed by atoms with E-state index < -0.39 is 0 Å². The smallest absolute Gasteiger partial charge is 0.309 e. The van der Waals surface area contributed by atoms with Crippen molar-refractivity contribution in [1.82, 2.24) is 5.32 Å². The molecule has 0 radical (unpaired) electrons. The molecule has 2 fully saturated rings. The first-order valence-electron chi connectivity index (χ1n) is 6.58. The third-order valence-corrected chi connectivity index (χ3v) is 4.14. The molecule has 16 heavy (non-hydrogen) atoms. The van der Waals surface area contributed by atoms with Gasteiger partial charge in [-0.25, -0.2) is 0 Å². The van der Waals surface area contributed by atoms with E-state index >= 15 is 0 Å². The Labute approximate surface area is 97.9 Å². The normalized spacial score (nSPS) is 32.9. The summed E-state index contributed by atoms with van der Waals surface area (Å²) >= 11 is 0. The molecule has 3 nitrogen and oxygen atoms in total. The fourth-order valence-corrected chi connectivity index (χ4v) is 2.48. The van der Waals surface area contributed by atoms with E-state index in [-0.39, 0.29) is 18.0 Å². The zero-order valence-electron chi connectivity index (χ0n) is 10.4. The molecule has 1 unspecified atom stereocenters. The van der Waals surface area contributed by atoms with Crippen molar-refractivity contribution >= 4 is 5.97 Å². The number of hydrogen-bond acceptors (Lipinski definition) is 3. The van der Waals surface area contributed by atoms with Gasteiger partial charge in [-0.05, 0) is 50.6 Å². The van der Waals surface area contributed by atoms with Crippen molar-refractivity contribution in [2.75, 3.05) is 13.1 Å². The molecule has 2 rings (SSSR count). The fourth-order valence-electron chi connectivity index (χ4n) is 2.48. The van der Waals surface area contributed by atoms with Gasteiger partial charge in [-0.15, -0.1) is 0 Å². The minimum atomic E-state index is 0.0195. The lowest BCUT2D eigenvalue weighted by Gasteiger charge is -2.33. The summed E-state index contributed by atoms with van der Waals surface area (Å²) < 4.78 is 5.59. The van der Waals surface area contributed by atoms with Crippen LogP contribution in [0.1, 0.15) is 39.5 Å². The average molecular weight is 225 g/mol. The van der Waals surface area contributed by atoms with Crippen LogP contribution in [-0.4, -0.2) is 25.2 Å². The summed E-state index contributed by atoms with van der Waals surface area (Å²) in [6, 6.07) is 0. The van der Waals surface area contributed by atoms with Gasteiger partial charge in [-0.2, -0.15) is 0 Å². The summed E-state index contributed by atoms with van der Waals surface area (Å²) in [6.07, 6.45) is 4.72. The number of rotatable bonds is 3. The second-order valence-electron chi connectivity index (χ2n) is 5.53. The molecule has 92 valence electrons. The minimum absolute atomic E-state index is 0.0195. The summed E-state index contributed by atoms with van der Waals surface area (Å²) in [5.74, 6) is 1.39. The van der Waals surface area contributed by atoms with E-state index in [1.165, 1.54) is 12.8 Å². The highest BCUT2D eigenvalue weighted by molar-refractivity contribution is 5.72. The SMILES string of the molecule is CC1CCC(OC(=O)C(C)C2CNC2)CC1. The van der Waals surface area contributed by atoms with Gasteiger partial charge >= 0.3 is 5.97 Å². The van der Waals surface area contributed by atoms with Gasteiger partial charge in [-0.3, -0.25) is 4.79 Å². The summed E-state index contributed by atoms with van der Waals surface area (Å²) in [4.78, 5) is 11.9. The molecule has 1 saturated carbocycles. The number of carbonyl (C=O) groups is 1. The van der Waals surface area contributed by atoms with Crippen LogP contribution in [-0.2, 0) is 9.53 Å². The molecule has 1 atom stereocenters. The molecule has 0 amide bonds. The van der Waals surface area contributed by atoms with Gasteiger partial charge in [0.15, 0.2) is 0 Å².